The number of anilines is 1. The van der Waals surface area contributed by atoms with Crippen LogP contribution in [0, 0.1) is 6.92 Å². The fourth-order valence-electron chi connectivity index (χ4n) is 1.27. The van der Waals surface area contributed by atoms with Crippen molar-refractivity contribution in [1.29, 1.82) is 0 Å². The average molecular weight is 221 g/mol. The molecule has 0 saturated carbocycles. The Morgan fingerprint density at radius 2 is 2.25 bits per heavy atom. The minimum absolute atomic E-state index is 0.133. The van der Waals surface area contributed by atoms with Crippen molar-refractivity contribution in [3.63, 3.8) is 0 Å². The van der Waals surface area contributed by atoms with Gasteiger partial charge in [-0.15, -0.1) is 0 Å². The van der Waals surface area contributed by atoms with Crippen molar-refractivity contribution in [3.05, 3.63) is 35.9 Å². The number of benzene rings is 1. The lowest BCUT2D eigenvalue weighted by Crippen LogP contribution is -2.11. The normalized spacial score (nSPS) is 9.62. The zero-order chi connectivity index (χ0) is 12.1. The molecule has 16 heavy (non-hydrogen) atoms. The molecule has 1 aromatic carbocycles. The minimum Gasteiger partial charge on any atom is -0.496 e. The molecule has 2 N–H and O–H groups in total. The van der Waals surface area contributed by atoms with E-state index >= 15 is 0 Å². The maximum Gasteiger partial charge on any atom is 0.332 e. The van der Waals surface area contributed by atoms with Crippen LogP contribution >= 0.6 is 0 Å². The second kappa shape index (κ2) is 5.21. The van der Waals surface area contributed by atoms with Gasteiger partial charge in [-0.25, -0.2) is 4.79 Å². The maximum absolute atomic E-state index is 10.5. The predicted molar refractivity (Wildman–Crippen MR) is 63.0 cm³/mol. The molecule has 0 aliphatic carbocycles. The number of aliphatic carboxylic acids is 1. The van der Waals surface area contributed by atoms with Crippen molar-refractivity contribution in [1.82, 2.24) is 0 Å². The summed E-state index contributed by atoms with van der Waals surface area (Å²) in [6, 6.07) is 5.57. The van der Waals surface area contributed by atoms with Crippen molar-refractivity contribution in [2.75, 3.05) is 19.0 Å². The Bertz CT molecular complexity index is 413. The summed E-state index contributed by atoms with van der Waals surface area (Å²) in [4.78, 5) is 10.5. The third-order valence-corrected chi connectivity index (χ3v) is 2.20. The number of carboxylic acid groups (broad SMARTS) is 1. The highest BCUT2D eigenvalue weighted by Crippen LogP contribution is 2.21. The van der Waals surface area contributed by atoms with Crippen LogP contribution in [0.2, 0.25) is 0 Å². The molecule has 0 aliphatic rings. The van der Waals surface area contributed by atoms with E-state index < -0.39 is 5.97 Å². The third-order valence-electron chi connectivity index (χ3n) is 2.20. The molecule has 86 valence electrons. The van der Waals surface area contributed by atoms with E-state index in [9.17, 15) is 4.79 Å². The van der Waals surface area contributed by atoms with Gasteiger partial charge in [0.1, 0.15) is 5.75 Å². The molecule has 0 atom stereocenters. The standard InChI is InChI=1S/C12H15NO3/c1-8-6-10(4-5-11(8)16-3)13-7-9(2)12(14)15/h4-6,13H,2,7H2,1,3H3,(H,14,15). The second-order valence-corrected chi connectivity index (χ2v) is 3.45. The van der Waals surface area contributed by atoms with E-state index in [-0.39, 0.29) is 12.1 Å². The zero-order valence-electron chi connectivity index (χ0n) is 9.41. The highest BCUT2D eigenvalue weighted by Gasteiger charge is 2.04. The first-order valence-electron chi connectivity index (χ1n) is 4.84. The fourth-order valence-corrected chi connectivity index (χ4v) is 1.27. The predicted octanol–water partition coefficient (Wildman–Crippen LogP) is 2.06. The van der Waals surface area contributed by atoms with Crippen LogP contribution in [-0.2, 0) is 4.79 Å². The number of nitrogens with one attached hydrogen (secondary N) is 1. The first-order valence-corrected chi connectivity index (χ1v) is 4.84. The maximum atomic E-state index is 10.5. The monoisotopic (exact) mass is 221 g/mol. The number of ether oxygens (including phenoxy) is 1. The summed E-state index contributed by atoms with van der Waals surface area (Å²) in [5, 5.41) is 11.6. The van der Waals surface area contributed by atoms with Crippen LogP contribution in [0.1, 0.15) is 5.56 Å². The van der Waals surface area contributed by atoms with E-state index in [1.807, 2.05) is 25.1 Å². The molecule has 1 rings (SSSR count). The number of hydrogen-bond donors (Lipinski definition) is 2. The molecule has 0 bridgehead atoms. The second-order valence-electron chi connectivity index (χ2n) is 3.45. The molecule has 0 aromatic heterocycles. The SMILES string of the molecule is C=C(CNc1ccc(OC)c(C)c1)C(=O)O. The summed E-state index contributed by atoms with van der Waals surface area (Å²) in [5.41, 5.74) is 1.97. The molecular weight excluding hydrogens is 206 g/mol. The lowest BCUT2D eigenvalue weighted by atomic mass is 10.2. The molecule has 0 aliphatic heterocycles. The molecule has 0 fully saturated rings. The number of aryl methyl sites for hydroxylation is 1. The van der Waals surface area contributed by atoms with Crippen molar-refractivity contribution in [2.45, 2.75) is 6.92 Å². The van der Waals surface area contributed by atoms with Crippen LogP contribution in [0.3, 0.4) is 0 Å². The Labute approximate surface area is 94.6 Å². The van der Waals surface area contributed by atoms with Gasteiger partial charge in [-0.1, -0.05) is 6.58 Å². The Kier molecular flexibility index (Phi) is 3.94. The van der Waals surface area contributed by atoms with Gasteiger partial charge in [0.2, 0.25) is 0 Å². The van der Waals surface area contributed by atoms with E-state index in [4.69, 9.17) is 9.84 Å². The van der Waals surface area contributed by atoms with Gasteiger partial charge in [0.05, 0.1) is 7.11 Å². The molecule has 0 unspecified atom stereocenters. The van der Waals surface area contributed by atoms with E-state index in [2.05, 4.69) is 11.9 Å². The third kappa shape index (κ3) is 3.02. The Balaban J connectivity index is 2.65. The quantitative estimate of drug-likeness (QED) is 0.747. The molecule has 0 radical (unpaired) electrons. The summed E-state index contributed by atoms with van der Waals surface area (Å²) >= 11 is 0. The molecule has 1 aromatic rings. The van der Waals surface area contributed by atoms with Crippen LogP contribution < -0.4 is 10.1 Å². The Hall–Kier alpha value is -1.97. The first-order chi connectivity index (χ1) is 7.54. The fraction of sp³-hybridized carbons (Fsp3) is 0.250. The Morgan fingerprint density at radius 1 is 1.56 bits per heavy atom. The number of carbonyl (C=O) groups is 1. The van der Waals surface area contributed by atoms with Gasteiger partial charge >= 0.3 is 5.97 Å². The molecule has 0 amide bonds. The van der Waals surface area contributed by atoms with Crippen molar-refractivity contribution >= 4 is 11.7 Å². The largest absolute Gasteiger partial charge is 0.496 e. The number of rotatable bonds is 5. The van der Waals surface area contributed by atoms with Crippen LogP contribution in [0.25, 0.3) is 0 Å². The molecule has 0 saturated heterocycles. The van der Waals surface area contributed by atoms with Crippen LogP contribution in [0.15, 0.2) is 30.4 Å². The summed E-state index contributed by atoms with van der Waals surface area (Å²) in [6.45, 7) is 5.59. The lowest BCUT2D eigenvalue weighted by molar-refractivity contribution is -0.132. The molecule has 4 nitrogen and oxygen atoms in total. The summed E-state index contributed by atoms with van der Waals surface area (Å²) in [6.07, 6.45) is 0. The van der Waals surface area contributed by atoms with E-state index in [1.54, 1.807) is 7.11 Å². The van der Waals surface area contributed by atoms with Gasteiger partial charge < -0.3 is 15.2 Å². The van der Waals surface area contributed by atoms with Crippen molar-refractivity contribution < 1.29 is 14.6 Å². The summed E-state index contributed by atoms with van der Waals surface area (Å²) < 4.78 is 5.12. The number of carboxylic acids is 1. The van der Waals surface area contributed by atoms with Crippen LogP contribution in [0.5, 0.6) is 5.75 Å². The van der Waals surface area contributed by atoms with Crippen LogP contribution in [0.4, 0.5) is 5.69 Å². The van der Waals surface area contributed by atoms with E-state index in [0.717, 1.165) is 17.0 Å². The highest BCUT2D eigenvalue weighted by molar-refractivity contribution is 5.86. The molecule has 0 spiro atoms. The molecule has 4 heteroatoms. The molecule has 0 heterocycles. The van der Waals surface area contributed by atoms with Crippen molar-refractivity contribution in [3.8, 4) is 5.75 Å². The number of hydrogen-bond acceptors (Lipinski definition) is 3. The molecular formula is C12H15NO3. The van der Waals surface area contributed by atoms with Gasteiger partial charge in [0, 0.05) is 17.8 Å². The first kappa shape index (κ1) is 12.1. The summed E-state index contributed by atoms with van der Waals surface area (Å²) in [7, 11) is 1.61. The van der Waals surface area contributed by atoms with Crippen molar-refractivity contribution in [2.24, 2.45) is 0 Å². The van der Waals surface area contributed by atoms with E-state index in [0.29, 0.717) is 0 Å². The number of methoxy groups -OCH3 is 1. The van der Waals surface area contributed by atoms with E-state index in [1.165, 1.54) is 0 Å². The zero-order valence-corrected chi connectivity index (χ0v) is 9.41. The Morgan fingerprint density at radius 3 is 2.75 bits per heavy atom. The smallest absolute Gasteiger partial charge is 0.332 e. The topological polar surface area (TPSA) is 58.6 Å². The summed E-state index contributed by atoms with van der Waals surface area (Å²) in [5.74, 6) is -0.180. The lowest BCUT2D eigenvalue weighted by Gasteiger charge is -2.09. The van der Waals surface area contributed by atoms with Gasteiger partial charge in [0.15, 0.2) is 0 Å². The van der Waals surface area contributed by atoms with Gasteiger partial charge in [-0.2, -0.15) is 0 Å². The van der Waals surface area contributed by atoms with Gasteiger partial charge in [-0.05, 0) is 30.7 Å². The van der Waals surface area contributed by atoms with Crippen LogP contribution in [-0.4, -0.2) is 24.7 Å². The average Bonchev–Trinajstić information content (AvgIpc) is 2.25. The minimum atomic E-state index is -0.988. The van der Waals surface area contributed by atoms with Gasteiger partial charge in [0.25, 0.3) is 0 Å². The highest BCUT2D eigenvalue weighted by atomic mass is 16.5. The van der Waals surface area contributed by atoms with Gasteiger partial charge in [-0.3, -0.25) is 0 Å².